The molecule has 20 heavy (non-hydrogen) atoms. The summed E-state index contributed by atoms with van der Waals surface area (Å²) >= 11 is 8.03. The summed E-state index contributed by atoms with van der Waals surface area (Å²) in [5.41, 5.74) is 1.11. The van der Waals surface area contributed by atoms with Gasteiger partial charge in [0.25, 0.3) is 0 Å². The largest absolute Gasteiger partial charge is 0.216 e. The average Bonchev–Trinajstić information content (AvgIpc) is 2.65. The minimum absolute atomic E-state index is 0.274. The van der Waals surface area contributed by atoms with Crippen molar-refractivity contribution in [1.29, 1.82) is 0 Å². The van der Waals surface area contributed by atoms with Crippen molar-refractivity contribution in [2.24, 2.45) is 0 Å². The van der Waals surface area contributed by atoms with E-state index in [1.165, 1.54) is 0 Å². The van der Waals surface area contributed by atoms with E-state index in [9.17, 15) is 8.42 Å². The van der Waals surface area contributed by atoms with Crippen molar-refractivity contribution >= 4 is 33.4 Å². The maximum Gasteiger partial charge on any atom is 0.216 e. The Morgan fingerprint density at radius 3 is 2.65 bits per heavy atom. The SMILES string of the molecule is CC(C)S(=O)(=O)N1CCSC(c2ccccc2Cl)CC1. The van der Waals surface area contributed by atoms with Gasteiger partial charge < -0.3 is 0 Å². The van der Waals surface area contributed by atoms with Crippen LogP contribution in [-0.2, 0) is 10.0 Å². The number of nitrogens with zero attached hydrogens (tertiary/aromatic N) is 1. The molecule has 1 atom stereocenters. The van der Waals surface area contributed by atoms with E-state index in [0.717, 1.165) is 22.8 Å². The number of sulfonamides is 1. The van der Waals surface area contributed by atoms with Gasteiger partial charge in [-0.15, -0.1) is 0 Å². The molecule has 1 unspecified atom stereocenters. The fraction of sp³-hybridized carbons (Fsp3) is 0.571. The van der Waals surface area contributed by atoms with Crippen molar-refractivity contribution in [2.75, 3.05) is 18.8 Å². The summed E-state index contributed by atoms with van der Waals surface area (Å²) in [6.07, 6.45) is 0.806. The van der Waals surface area contributed by atoms with E-state index in [4.69, 9.17) is 11.6 Å². The summed E-state index contributed by atoms with van der Waals surface area (Å²) in [6, 6.07) is 7.83. The Morgan fingerprint density at radius 1 is 1.30 bits per heavy atom. The van der Waals surface area contributed by atoms with Crippen molar-refractivity contribution < 1.29 is 8.42 Å². The Kier molecular flexibility index (Phi) is 5.40. The van der Waals surface area contributed by atoms with Gasteiger partial charge in [0.2, 0.25) is 10.0 Å². The topological polar surface area (TPSA) is 37.4 Å². The molecule has 1 aliphatic heterocycles. The first-order valence-electron chi connectivity index (χ1n) is 6.78. The maximum absolute atomic E-state index is 12.2. The van der Waals surface area contributed by atoms with Crippen LogP contribution in [0.5, 0.6) is 0 Å². The van der Waals surface area contributed by atoms with Crippen LogP contribution in [0.2, 0.25) is 5.02 Å². The Balaban J connectivity index is 2.12. The Hall–Kier alpha value is -0.230. The number of thioether (sulfide) groups is 1. The smallest absolute Gasteiger partial charge is 0.212 e. The second-order valence-corrected chi connectivity index (χ2v) is 9.37. The maximum atomic E-state index is 12.2. The first kappa shape index (κ1) is 16.1. The summed E-state index contributed by atoms with van der Waals surface area (Å²) in [5, 5.41) is 0.686. The third-order valence-electron chi connectivity index (χ3n) is 3.51. The molecule has 0 saturated carbocycles. The van der Waals surface area contributed by atoms with Gasteiger partial charge in [-0.1, -0.05) is 29.8 Å². The van der Waals surface area contributed by atoms with Crippen LogP contribution in [-0.4, -0.2) is 36.8 Å². The zero-order valence-corrected chi connectivity index (χ0v) is 14.1. The highest BCUT2D eigenvalue weighted by Crippen LogP contribution is 2.38. The Morgan fingerprint density at radius 2 is 2.00 bits per heavy atom. The van der Waals surface area contributed by atoms with Crippen molar-refractivity contribution in [3.05, 3.63) is 34.9 Å². The molecule has 1 saturated heterocycles. The predicted molar refractivity (Wildman–Crippen MR) is 86.9 cm³/mol. The molecule has 0 spiro atoms. The lowest BCUT2D eigenvalue weighted by Crippen LogP contribution is -2.37. The first-order chi connectivity index (χ1) is 9.43. The molecule has 1 aliphatic rings. The van der Waals surface area contributed by atoms with Crippen LogP contribution in [0.25, 0.3) is 0 Å². The monoisotopic (exact) mass is 333 g/mol. The van der Waals surface area contributed by atoms with E-state index < -0.39 is 10.0 Å². The second-order valence-electron chi connectivity index (χ2n) is 5.16. The van der Waals surface area contributed by atoms with Crippen LogP contribution in [0.4, 0.5) is 0 Å². The quantitative estimate of drug-likeness (QED) is 0.848. The van der Waals surface area contributed by atoms with Crippen LogP contribution < -0.4 is 0 Å². The second kappa shape index (κ2) is 6.69. The number of halogens is 1. The van der Waals surface area contributed by atoms with Crippen molar-refractivity contribution in [3.8, 4) is 0 Å². The molecule has 0 aliphatic carbocycles. The van der Waals surface area contributed by atoms with Crippen LogP contribution in [0.15, 0.2) is 24.3 Å². The molecule has 0 N–H and O–H groups in total. The molecule has 1 aromatic carbocycles. The van der Waals surface area contributed by atoms with Gasteiger partial charge in [0, 0.05) is 29.1 Å². The van der Waals surface area contributed by atoms with Gasteiger partial charge in [0.05, 0.1) is 5.25 Å². The lowest BCUT2D eigenvalue weighted by Gasteiger charge is -2.22. The minimum Gasteiger partial charge on any atom is -0.212 e. The molecule has 6 heteroatoms. The van der Waals surface area contributed by atoms with Crippen LogP contribution >= 0.6 is 23.4 Å². The normalized spacial score (nSPS) is 21.9. The minimum atomic E-state index is -3.15. The van der Waals surface area contributed by atoms with Gasteiger partial charge in [0.15, 0.2) is 0 Å². The standard InChI is InChI=1S/C14H20ClNO2S2/c1-11(2)20(17,18)16-8-7-14(19-10-9-16)12-5-3-4-6-13(12)15/h3-6,11,14H,7-10H2,1-2H3. The summed E-state index contributed by atoms with van der Waals surface area (Å²) < 4.78 is 26.1. The summed E-state index contributed by atoms with van der Waals surface area (Å²) in [4.78, 5) is 0. The zero-order valence-electron chi connectivity index (χ0n) is 11.8. The number of hydrogen-bond donors (Lipinski definition) is 0. The van der Waals surface area contributed by atoms with Crippen LogP contribution in [0.1, 0.15) is 31.1 Å². The molecule has 112 valence electrons. The van der Waals surface area contributed by atoms with Crippen molar-refractivity contribution in [3.63, 3.8) is 0 Å². The highest BCUT2D eigenvalue weighted by molar-refractivity contribution is 7.99. The van der Waals surface area contributed by atoms with Crippen LogP contribution in [0, 0.1) is 0 Å². The fourth-order valence-electron chi connectivity index (χ4n) is 2.29. The van der Waals surface area contributed by atoms with E-state index >= 15 is 0 Å². The molecular weight excluding hydrogens is 314 g/mol. The predicted octanol–water partition coefficient (Wildman–Crippen LogP) is 3.56. The van der Waals surface area contributed by atoms with Gasteiger partial charge in [-0.3, -0.25) is 0 Å². The molecule has 2 rings (SSSR count). The summed E-state index contributed by atoms with van der Waals surface area (Å²) in [5.74, 6) is 0.807. The molecule has 0 aromatic heterocycles. The lowest BCUT2D eigenvalue weighted by atomic mass is 10.1. The zero-order chi connectivity index (χ0) is 14.8. The number of hydrogen-bond acceptors (Lipinski definition) is 3. The summed E-state index contributed by atoms with van der Waals surface area (Å²) in [6.45, 7) is 4.63. The van der Waals surface area contributed by atoms with E-state index in [1.807, 2.05) is 24.3 Å². The summed E-state index contributed by atoms with van der Waals surface area (Å²) in [7, 11) is -3.15. The number of rotatable bonds is 3. The van der Waals surface area contributed by atoms with Crippen molar-refractivity contribution in [1.82, 2.24) is 4.31 Å². The van der Waals surface area contributed by atoms with E-state index in [1.54, 1.807) is 29.9 Å². The molecule has 3 nitrogen and oxygen atoms in total. The fourth-order valence-corrected chi connectivity index (χ4v) is 5.30. The molecule has 1 fully saturated rings. The van der Waals surface area contributed by atoms with Crippen molar-refractivity contribution in [2.45, 2.75) is 30.8 Å². The van der Waals surface area contributed by atoms with E-state index in [-0.39, 0.29) is 10.5 Å². The Bertz CT molecular complexity index is 560. The number of benzene rings is 1. The van der Waals surface area contributed by atoms with Gasteiger partial charge >= 0.3 is 0 Å². The first-order valence-corrected chi connectivity index (χ1v) is 9.71. The van der Waals surface area contributed by atoms with E-state index in [2.05, 4.69) is 0 Å². The average molecular weight is 334 g/mol. The van der Waals surface area contributed by atoms with Gasteiger partial charge in [-0.2, -0.15) is 11.8 Å². The third kappa shape index (κ3) is 3.50. The van der Waals surface area contributed by atoms with E-state index in [0.29, 0.717) is 13.1 Å². The highest BCUT2D eigenvalue weighted by atomic mass is 35.5. The lowest BCUT2D eigenvalue weighted by molar-refractivity contribution is 0.422. The third-order valence-corrected chi connectivity index (χ3v) is 7.44. The van der Waals surface area contributed by atoms with Gasteiger partial charge in [-0.25, -0.2) is 12.7 Å². The molecular formula is C14H20ClNO2S2. The molecule has 1 heterocycles. The van der Waals surface area contributed by atoms with Crippen LogP contribution in [0.3, 0.4) is 0 Å². The Labute approximate surface area is 130 Å². The van der Waals surface area contributed by atoms with Gasteiger partial charge in [0.1, 0.15) is 0 Å². The van der Waals surface area contributed by atoms with Gasteiger partial charge in [-0.05, 0) is 31.9 Å². The highest BCUT2D eigenvalue weighted by Gasteiger charge is 2.29. The molecule has 0 amide bonds. The molecule has 0 bridgehead atoms. The molecule has 0 radical (unpaired) electrons. The molecule has 1 aromatic rings.